The zero-order chi connectivity index (χ0) is 18.0. The minimum atomic E-state index is -0.422. The van der Waals surface area contributed by atoms with Crippen molar-refractivity contribution in [2.24, 2.45) is 0 Å². The molecule has 1 N–H and O–H groups in total. The fraction of sp³-hybridized carbons (Fsp3) is 0.167. The van der Waals surface area contributed by atoms with Crippen LogP contribution in [-0.4, -0.2) is 17.5 Å². The first kappa shape index (κ1) is 17.0. The van der Waals surface area contributed by atoms with Crippen LogP contribution < -0.4 is 15.7 Å². The number of aryl methyl sites for hydroxylation is 2. The Labute approximate surface area is 148 Å². The van der Waals surface area contributed by atoms with Gasteiger partial charge < -0.3 is 14.5 Å². The van der Waals surface area contributed by atoms with Crippen LogP contribution in [0.3, 0.4) is 0 Å². The van der Waals surface area contributed by atoms with Gasteiger partial charge in [-0.05, 0) is 43.7 Å². The molecule has 0 aliphatic rings. The van der Waals surface area contributed by atoms with Gasteiger partial charge in [0.05, 0.1) is 5.69 Å². The van der Waals surface area contributed by atoms with Crippen molar-refractivity contribution in [2.45, 2.75) is 13.8 Å². The van der Waals surface area contributed by atoms with Gasteiger partial charge in [-0.3, -0.25) is 4.79 Å². The molecule has 0 saturated carbocycles. The van der Waals surface area contributed by atoms with Crippen LogP contribution in [-0.2, 0) is 4.79 Å². The first-order valence-electron chi connectivity index (χ1n) is 7.53. The Balaban J connectivity index is 1.77. The Hall–Kier alpha value is -2.86. The lowest BCUT2D eigenvalue weighted by Crippen LogP contribution is -2.20. The summed E-state index contributed by atoms with van der Waals surface area (Å²) in [7, 11) is 0. The predicted molar refractivity (Wildman–Crippen MR) is 95.3 cm³/mol. The monoisotopic (exact) mass is 358 g/mol. The Morgan fingerprint density at radius 2 is 2.12 bits per heavy atom. The summed E-state index contributed by atoms with van der Waals surface area (Å²) in [5, 5.41) is 3.66. The van der Waals surface area contributed by atoms with Gasteiger partial charge in [-0.15, -0.1) is 0 Å². The number of hydrogen-bond acceptors (Lipinski definition) is 5. The number of aromatic nitrogens is 1. The average molecular weight is 359 g/mol. The van der Waals surface area contributed by atoms with E-state index >= 15 is 0 Å². The molecule has 128 valence electrons. The largest absolute Gasteiger partial charge is 0.483 e. The third-order valence-electron chi connectivity index (χ3n) is 3.71. The number of halogens is 1. The van der Waals surface area contributed by atoms with Crippen molar-refractivity contribution in [1.82, 2.24) is 4.98 Å². The van der Waals surface area contributed by atoms with Crippen LogP contribution in [0.1, 0.15) is 11.1 Å². The fourth-order valence-electron chi connectivity index (χ4n) is 2.47. The van der Waals surface area contributed by atoms with Crippen molar-refractivity contribution in [1.29, 1.82) is 0 Å². The molecular formula is C18H15ClN2O4. The maximum absolute atomic E-state index is 12.0. The van der Waals surface area contributed by atoms with Gasteiger partial charge >= 0.3 is 5.63 Å². The van der Waals surface area contributed by atoms with Crippen molar-refractivity contribution in [2.75, 3.05) is 11.9 Å². The van der Waals surface area contributed by atoms with Crippen molar-refractivity contribution in [3.05, 3.63) is 63.2 Å². The van der Waals surface area contributed by atoms with Gasteiger partial charge in [0.2, 0.25) is 0 Å². The number of hydrogen-bond donors (Lipinski definition) is 1. The minimum absolute atomic E-state index is 0.204. The highest BCUT2D eigenvalue weighted by Gasteiger charge is 2.12. The Bertz CT molecular complexity index is 1010. The molecule has 0 saturated heterocycles. The summed E-state index contributed by atoms with van der Waals surface area (Å²) in [6.45, 7) is 3.40. The lowest BCUT2D eigenvalue weighted by Gasteiger charge is -2.12. The van der Waals surface area contributed by atoms with Crippen LogP contribution >= 0.6 is 11.6 Å². The predicted octanol–water partition coefficient (Wildman–Crippen LogP) is 3.48. The second-order valence-corrected chi connectivity index (χ2v) is 5.85. The quantitative estimate of drug-likeness (QED) is 0.570. The Morgan fingerprint density at radius 3 is 2.88 bits per heavy atom. The number of fused-ring (bicyclic) bond motifs is 1. The normalized spacial score (nSPS) is 10.7. The number of rotatable bonds is 4. The third kappa shape index (κ3) is 3.64. The molecule has 3 aromatic rings. The smallest absolute Gasteiger partial charge is 0.336 e. The zero-order valence-electron chi connectivity index (χ0n) is 13.6. The van der Waals surface area contributed by atoms with Crippen molar-refractivity contribution < 1.29 is 13.9 Å². The number of carbonyl (C=O) groups is 1. The van der Waals surface area contributed by atoms with Crippen molar-refractivity contribution in [3.8, 4) is 5.75 Å². The van der Waals surface area contributed by atoms with Gasteiger partial charge in [0.25, 0.3) is 5.91 Å². The summed E-state index contributed by atoms with van der Waals surface area (Å²) < 4.78 is 10.8. The van der Waals surface area contributed by atoms with E-state index in [2.05, 4.69) is 10.3 Å². The number of ether oxygens (including phenoxy) is 1. The van der Waals surface area contributed by atoms with Crippen LogP contribution in [0, 0.1) is 13.8 Å². The summed E-state index contributed by atoms with van der Waals surface area (Å²) in [5.74, 6) is 0.0915. The van der Waals surface area contributed by atoms with Gasteiger partial charge in [-0.1, -0.05) is 11.6 Å². The Kier molecular flexibility index (Phi) is 4.72. The van der Waals surface area contributed by atoms with Gasteiger partial charge in [0, 0.05) is 23.2 Å². The molecule has 0 aliphatic heterocycles. The van der Waals surface area contributed by atoms with E-state index in [1.165, 1.54) is 12.3 Å². The minimum Gasteiger partial charge on any atom is -0.483 e. The summed E-state index contributed by atoms with van der Waals surface area (Å²) >= 11 is 5.90. The number of nitrogens with one attached hydrogen (secondary N) is 1. The van der Waals surface area contributed by atoms with Crippen LogP contribution in [0.15, 0.2) is 45.7 Å². The molecule has 25 heavy (non-hydrogen) atoms. The lowest BCUT2D eigenvalue weighted by atomic mass is 10.1. The van der Waals surface area contributed by atoms with E-state index in [-0.39, 0.29) is 17.7 Å². The lowest BCUT2D eigenvalue weighted by molar-refractivity contribution is -0.118. The highest BCUT2D eigenvalue weighted by atomic mass is 35.5. The van der Waals surface area contributed by atoms with E-state index in [9.17, 15) is 9.59 Å². The van der Waals surface area contributed by atoms with Gasteiger partial charge in [0.15, 0.2) is 11.8 Å². The van der Waals surface area contributed by atoms with E-state index in [0.29, 0.717) is 22.6 Å². The average Bonchev–Trinajstić information content (AvgIpc) is 2.57. The topological polar surface area (TPSA) is 81.4 Å². The molecule has 1 amide bonds. The fourth-order valence-corrected chi connectivity index (χ4v) is 2.63. The second kappa shape index (κ2) is 6.94. The molecular weight excluding hydrogens is 344 g/mol. The van der Waals surface area contributed by atoms with E-state index < -0.39 is 5.63 Å². The molecule has 0 atom stereocenters. The standard InChI is InChI=1S/C18H15ClN2O4/c1-10-8-16(23)25-17-11(2)14(6-5-12(10)17)24-9-15(22)21-13-4-3-7-20-18(13)19/h3-8H,9H2,1-2H3,(H,21,22). The van der Waals surface area contributed by atoms with Crippen LogP contribution in [0.4, 0.5) is 5.69 Å². The molecule has 2 heterocycles. The van der Waals surface area contributed by atoms with E-state index in [1.807, 2.05) is 6.92 Å². The highest BCUT2D eigenvalue weighted by Crippen LogP contribution is 2.28. The molecule has 0 bridgehead atoms. The highest BCUT2D eigenvalue weighted by molar-refractivity contribution is 6.32. The first-order chi connectivity index (χ1) is 12.0. The number of anilines is 1. The van der Waals surface area contributed by atoms with Crippen molar-refractivity contribution in [3.63, 3.8) is 0 Å². The molecule has 3 rings (SSSR count). The maximum atomic E-state index is 12.0. The molecule has 0 radical (unpaired) electrons. The Morgan fingerprint density at radius 1 is 1.32 bits per heavy atom. The summed E-state index contributed by atoms with van der Waals surface area (Å²) in [6.07, 6.45) is 1.53. The molecule has 2 aromatic heterocycles. The summed E-state index contributed by atoms with van der Waals surface area (Å²) in [4.78, 5) is 27.5. The number of amides is 1. The molecule has 0 unspecified atom stereocenters. The van der Waals surface area contributed by atoms with Gasteiger partial charge in [-0.2, -0.15) is 0 Å². The molecule has 0 fully saturated rings. The summed E-state index contributed by atoms with van der Waals surface area (Å²) in [5.41, 5.74) is 1.93. The van der Waals surface area contributed by atoms with Crippen LogP contribution in [0.5, 0.6) is 5.75 Å². The number of carbonyl (C=O) groups excluding carboxylic acids is 1. The summed E-state index contributed by atoms with van der Waals surface area (Å²) in [6, 6.07) is 8.29. The van der Waals surface area contributed by atoms with Crippen LogP contribution in [0.25, 0.3) is 11.0 Å². The van der Waals surface area contributed by atoms with E-state index in [0.717, 1.165) is 10.9 Å². The maximum Gasteiger partial charge on any atom is 0.336 e. The molecule has 0 spiro atoms. The SMILES string of the molecule is Cc1cc(=O)oc2c(C)c(OCC(=O)Nc3cccnc3Cl)ccc12. The molecule has 1 aromatic carbocycles. The van der Waals surface area contributed by atoms with Crippen LogP contribution in [0.2, 0.25) is 5.15 Å². The first-order valence-corrected chi connectivity index (χ1v) is 7.90. The second-order valence-electron chi connectivity index (χ2n) is 5.49. The van der Waals surface area contributed by atoms with Gasteiger partial charge in [0.1, 0.15) is 11.3 Å². The number of benzene rings is 1. The van der Waals surface area contributed by atoms with E-state index in [1.54, 1.807) is 31.2 Å². The number of pyridine rings is 1. The number of nitrogens with zero attached hydrogens (tertiary/aromatic N) is 1. The van der Waals surface area contributed by atoms with Crippen molar-refractivity contribution >= 4 is 34.2 Å². The molecule has 6 nitrogen and oxygen atoms in total. The molecule has 7 heteroatoms. The van der Waals surface area contributed by atoms with E-state index in [4.69, 9.17) is 20.8 Å². The third-order valence-corrected chi connectivity index (χ3v) is 4.01. The van der Waals surface area contributed by atoms with Gasteiger partial charge in [-0.25, -0.2) is 9.78 Å². The molecule has 0 aliphatic carbocycles. The zero-order valence-corrected chi connectivity index (χ0v) is 14.4.